The van der Waals surface area contributed by atoms with Gasteiger partial charge in [0.25, 0.3) is 47.3 Å². The summed E-state index contributed by atoms with van der Waals surface area (Å²) >= 11 is 0. The average molecular weight is 2020 g/mol. The number of aliphatic hydroxyl groups is 3. The molecule has 8 aromatic rings. The second-order valence-electron chi connectivity index (χ2n) is 33.2. The Balaban J connectivity index is 0.000000806. The zero-order valence-electron chi connectivity index (χ0n) is 86.3. The number of hydrogen-bond donors (Lipinski definition) is 11. The highest BCUT2D eigenvalue weighted by Gasteiger charge is 2.31. The van der Waals surface area contributed by atoms with Crippen molar-refractivity contribution in [2.24, 2.45) is 23.7 Å². The molecule has 0 aliphatic carbocycles. The molecule has 798 valence electrons. The van der Waals surface area contributed by atoms with E-state index in [1.54, 1.807) is 56.3 Å². The first kappa shape index (κ1) is 128. The zero-order valence-corrected chi connectivity index (χ0v) is 86.3. The van der Waals surface area contributed by atoms with E-state index < -0.39 is 49.3 Å². The highest BCUT2D eigenvalue weighted by molar-refractivity contribution is 5.97. The van der Waals surface area contributed by atoms with Gasteiger partial charge in [0.2, 0.25) is 0 Å². The molecule has 0 aromatic carbocycles. The van der Waals surface area contributed by atoms with Crippen molar-refractivity contribution in [1.29, 1.82) is 0 Å². The standard InChI is InChI=1S/C12H19FN2O4.C12H20N2O4.C12H20N2O3.C11H17FN2O4.C11H17FN2O3.C11H18N2O5.2C11H18N2O4/c1-12(2,18-4)7-14-11(16)10-8(5-13)9(6-17-3)19-15-10;1-7(2)8(3)13-12(16)11-9(5-15)10(6-17-4)18-14-11;1-7(2)9(4)13-12(15)11-8(3)10(6-16-5)17-14-11;1-7(17-3)5-13-11(15)10-8(4-12)9(6-16-2)18-14-10;1-7(2)5-13-11(15)10-8(4-12)9(6-16-3)17-14-10;1-7(17-3)4-12-11(15)10-8(5-14)9(6-16-2)18-13-10;1-7(16-4)5-12-11(14)10-8(2)9(6-15-3)17-13-10;1-7(2)4-12-11(15)10-8(5-14)9(6-16-3)17-13-10/h5-7H2,1-4H3,(H,14,16);7-8,15H,5-6H2,1-4H3,(H,13,16);7,9H,6H2,1-5H3,(H,13,15);7H,4-6H2,1-3H3,(H,13,15);7H,4-6H2,1-3H3,(H,13,15);7,14H,4-6H2,1-3H3,(H,12,15);7H,5-6H2,1-4H3,(H,12,14);7,14H,4-6H2,1-3H3,(H,12,15). The molecule has 8 amide bonds. The molecule has 11 N–H and O–H groups in total. The van der Waals surface area contributed by atoms with E-state index in [1.165, 1.54) is 49.8 Å². The quantitative estimate of drug-likeness (QED) is 0.0169. The number of carbonyl (C=O) groups excluding carboxylic acids is 8. The number of halogens is 3. The summed E-state index contributed by atoms with van der Waals surface area (Å²) in [5.74, 6) is 1.38. The Morgan fingerprint density at radius 1 is 0.298 bits per heavy atom. The Bertz CT molecular complexity index is 4770. The fourth-order valence-corrected chi connectivity index (χ4v) is 10.5. The van der Waals surface area contributed by atoms with Gasteiger partial charge in [-0.25, -0.2) is 13.2 Å². The number of nitrogens with zero attached hydrogens (tertiary/aromatic N) is 8. The average Bonchev–Trinajstić information content (AvgIpc) is 1.72. The van der Waals surface area contributed by atoms with Crippen LogP contribution in [-0.2, 0) is 150 Å². The lowest BCUT2D eigenvalue weighted by Gasteiger charge is -2.22. The predicted octanol–water partition coefficient (Wildman–Crippen LogP) is 8.84. The number of alkyl halides is 3. The van der Waals surface area contributed by atoms with Crippen LogP contribution in [-0.4, -0.2) is 264 Å². The SMILES string of the molecule is COCc1onc(C(=O)NC(C)C(C)C)c1C.COCc1onc(C(=O)NC(C)C(C)C)c1CO.COCc1onc(C(=O)NCC(C)(C)OC)c1CF.COCc1onc(C(=O)NCC(C)C)c1CF.COCc1onc(C(=O)NCC(C)C)c1CO.COCc1onc(C(=O)NCC(C)OC)c1C.COCc1onc(C(=O)NCC(C)OC)c1CF.COCc1onc(C(=O)NCC(C)OC)c1CO. The molecule has 8 heterocycles. The van der Waals surface area contributed by atoms with Crippen LogP contribution < -0.4 is 42.5 Å². The van der Waals surface area contributed by atoms with Gasteiger partial charge in [0.15, 0.2) is 91.6 Å². The third-order valence-corrected chi connectivity index (χ3v) is 20.2. The second-order valence-corrected chi connectivity index (χ2v) is 33.2. The van der Waals surface area contributed by atoms with Crippen molar-refractivity contribution in [1.82, 2.24) is 83.8 Å². The van der Waals surface area contributed by atoms with Gasteiger partial charge in [-0.3, -0.25) is 38.4 Å². The maximum atomic E-state index is 12.9. The lowest BCUT2D eigenvalue weighted by molar-refractivity contribution is 0.0227. The van der Waals surface area contributed by atoms with Crippen LogP contribution in [0.2, 0.25) is 0 Å². The third kappa shape index (κ3) is 44.0. The van der Waals surface area contributed by atoms with Crippen LogP contribution in [0.1, 0.15) is 278 Å². The van der Waals surface area contributed by atoms with Crippen molar-refractivity contribution in [3.63, 3.8) is 0 Å². The van der Waals surface area contributed by atoms with Gasteiger partial charge in [0, 0.05) is 148 Å². The number of aliphatic hydroxyl groups excluding tert-OH is 3. The van der Waals surface area contributed by atoms with Crippen LogP contribution in [0.15, 0.2) is 36.2 Å². The van der Waals surface area contributed by atoms with Gasteiger partial charge < -0.3 is 151 Å². The van der Waals surface area contributed by atoms with E-state index in [0.717, 1.165) is 5.56 Å². The minimum Gasteiger partial charge on any atom is -0.391 e. The number of amides is 8. The number of nitrogens with one attached hydrogen (secondary N) is 8. The molecule has 5 unspecified atom stereocenters. The Morgan fingerprint density at radius 2 is 0.496 bits per heavy atom. The smallest absolute Gasteiger partial charge is 0.274 e. The first-order valence-corrected chi connectivity index (χ1v) is 44.6. The Hall–Kier alpha value is -11.4. The molecular weight excluding hydrogens is 1870 g/mol. The molecule has 5 atom stereocenters. The number of carbonyl (C=O) groups is 8. The summed E-state index contributed by atoms with van der Waals surface area (Å²) in [4.78, 5) is 94.6. The minimum atomic E-state index is -0.835. The first-order valence-electron chi connectivity index (χ1n) is 44.6. The van der Waals surface area contributed by atoms with E-state index in [2.05, 4.69) is 97.6 Å². The minimum absolute atomic E-state index is 0.000185. The molecule has 0 aliphatic heterocycles. The largest absolute Gasteiger partial charge is 0.391 e. The molecule has 141 heavy (non-hydrogen) atoms. The lowest BCUT2D eigenvalue weighted by atomic mass is 10.1. The number of hydrogen-bond acceptors (Lipinski definition) is 39. The van der Waals surface area contributed by atoms with Crippen LogP contribution >= 0.6 is 0 Å². The highest BCUT2D eigenvalue weighted by atomic mass is 19.1. The van der Waals surface area contributed by atoms with Crippen molar-refractivity contribution in [3.8, 4) is 0 Å². The normalized spacial score (nSPS) is 12.0. The van der Waals surface area contributed by atoms with Crippen LogP contribution in [0, 0.1) is 37.5 Å². The van der Waals surface area contributed by atoms with Gasteiger partial charge in [-0.1, -0.05) is 96.6 Å². The predicted molar refractivity (Wildman–Crippen MR) is 497 cm³/mol. The number of ether oxygens (including phenoxy) is 12. The maximum Gasteiger partial charge on any atom is 0.274 e. The Morgan fingerprint density at radius 3 is 0.723 bits per heavy atom. The lowest BCUT2D eigenvalue weighted by Crippen LogP contribution is -2.40. The van der Waals surface area contributed by atoms with Crippen molar-refractivity contribution >= 4 is 47.3 Å². The topological polar surface area (TPSA) is 612 Å². The van der Waals surface area contributed by atoms with E-state index in [1.807, 2.05) is 83.1 Å². The third-order valence-electron chi connectivity index (χ3n) is 20.2. The van der Waals surface area contributed by atoms with Gasteiger partial charge in [-0.2, -0.15) is 0 Å². The molecule has 50 heteroatoms. The van der Waals surface area contributed by atoms with Gasteiger partial charge in [-0.15, -0.1) is 0 Å². The molecule has 0 aliphatic rings. The summed E-state index contributed by atoms with van der Waals surface area (Å²) in [7, 11) is 18.2. The fraction of sp³-hybridized carbons (Fsp3) is 0.648. The maximum absolute atomic E-state index is 12.9. The molecule has 0 saturated heterocycles. The van der Waals surface area contributed by atoms with Crippen molar-refractivity contribution < 1.29 is 160 Å². The van der Waals surface area contributed by atoms with E-state index >= 15 is 0 Å². The van der Waals surface area contributed by atoms with E-state index in [9.17, 15) is 66.8 Å². The number of aromatic nitrogens is 8. The Labute approximate surface area is 818 Å². The van der Waals surface area contributed by atoms with E-state index in [-0.39, 0.29) is 188 Å². The van der Waals surface area contributed by atoms with Gasteiger partial charge in [0.1, 0.15) is 72.9 Å². The summed E-state index contributed by atoms with van der Waals surface area (Å²) in [5.41, 5.74) is 3.30. The molecule has 8 aromatic heterocycles. The number of rotatable bonds is 50. The zero-order chi connectivity index (χ0) is 107. The van der Waals surface area contributed by atoms with Crippen molar-refractivity contribution in [3.05, 3.63) is 136 Å². The summed E-state index contributed by atoms with van der Waals surface area (Å²) < 4.78 is 138. The summed E-state index contributed by atoms with van der Waals surface area (Å²) in [5, 5.41) is 78.6. The van der Waals surface area contributed by atoms with Crippen LogP contribution in [0.3, 0.4) is 0 Å². The number of methoxy groups -OCH3 is 12. The van der Waals surface area contributed by atoms with Crippen molar-refractivity contribution in [2.45, 2.75) is 246 Å². The molecular formula is C91H147F3N16O31. The molecule has 0 saturated carbocycles. The molecule has 0 radical (unpaired) electrons. The van der Waals surface area contributed by atoms with Crippen LogP contribution in [0.4, 0.5) is 13.2 Å². The van der Waals surface area contributed by atoms with Crippen LogP contribution in [0.5, 0.6) is 0 Å². The van der Waals surface area contributed by atoms with Crippen molar-refractivity contribution in [2.75, 3.05) is 125 Å². The van der Waals surface area contributed by atoms with Gasteiger partial charge in [-0.05, 0) is 86.0 Å². The molecule has 0 spiro atoms. The summed E-state index contributed by atoms with van der Waals surface area (Å²) in [6.07, 6.45) is -0.269. The Kier molecular flexibility index (Phi) is 62.9. The molecule has 47 nitrogen and oxygen atoms in total. The fourth-order valence-electron chi connectivity index (χ4n) is 10.5. The molecule has 8 rings (SSSR count). The van der Waals surface area contributed by atoms with Gasteiger partial charge in [0.05, 0.1) is 77.1 Å². The van der Waals surface area contributed by atoms with Gasteiger partial charge >= 0.3 is 0 Å². The van der Waals surface area contributed by atoms with E-state index in [4.69, 9.17) is 93.0 Å². The molecule has 0 bridgehead atoms. The molecule has 0 fully saturated rings. The summed E-state index contributed by atoms with van der Waals surface area (Å²) in [6.45, 7) is 33.1. The highest BCUT2D eigenvalue weighted by Crippen LogP contribution is 2.24. The summed E-state index contributed by atoms with van der Waals surface area (Å²) in [6, 6.07) is 0.121. The monoisotopic (exact) mass is 2020 g/mol. The first-order chi connectivity index (χ1) is 67.0. The van der Waals surface area contributed by atoms with E-state index in [0.29, 0.717) is 132 Å². The van der Waals surface area contributed by atoms with Crippen LogP contribution in [0.25, 0.3) is 0 Å². The second kappa shape index (κ2) is 69.5.